The number of nitrogens with one attached hydrogen (secondary N) is 1. The molecule has 0 radical (unpaired) electrons. The largest absolute Gasteiger partial charge is 0.360 e. The molecule has 1 aliphatic carbocycles. The minimum atomic E-state index is -0.188. The summed E-state index contributed by atoms with van der Waals surface area (Å²) < 4.78 is 6.96. The number of carbonyl (C=O) groups is 1. The van der Waals surface area contributed by atoms with Crippen LogP contribution in [0.2, 0.25) is 5.02 Å². The molecule has 1 N–H and O–H groups in total. The first kappa shape index (κ1) is 14.1. The monoisotopic (exact) mass is 308 g/mol. The first-order valence-corrected chi connectivity index (χ1v) is 7.45. The molecule has 0 aliphatic heterocycles. The molecule has 0 fully saturated rings. The summed E-state index contributed by atoms with van der Waals surface area (Å²) in [5.41, 5.74) is 1.39. The molecular weight excluding hydrogens is 292 g/mol. The molecule has 6 nitrogen and oxygen atoms in total. The Kier molecular flexibility index (Phi) is 3.96. The molecule has 2 heterocycles. The van der Waals surface area contributed by atoms with Gasteiger partial charge in [-0.2, -0.15) is 5.10 Å². The Bertz CT molecular complexity index is 649. The van der Waals surface area contributed by atoms with E-state index >= 15 is 0 Å². The summed E-state index contributed by atoms with van der Waals surface area (Å²) in [7, 11) is 0. The number of aryl methyl sites for hydroxylation is 1. The van der Waals surface area contributed by atoms with Crippen molar-refractivity contribution in [1.29, 1.82) is 0 Å². The van der Waals surface area contributed by atoms with Gasteiger partial charge in [-0.3, -0.25) is 9.48 Å². The molecule has 7 heteroatoms. The van der Waals surface area contributed by atoms with Crippen LogP contribution < -0.4 is 5.32 Å². The topological polar surface area (TPSA) is 73.0 Å². The minimum absolute atomic E-state index is 0.188. The van der Waals surface area contributed by atoms with Crippen LogP contribution in [0.4, 0.5) is 0 Å². The van der Waals surface area contributed by atoms with Gasteiger partial charge in [-0.15, -0.1) is 0 Å². The summed E-state index contributed by atoms with van der Waals surface area (Å²) in [5.74, 6) is 1.24. The van der Waals surface area contributed by atoms with Crippen LogP contribution in [0.5, 0.6) is 0 Å². The number of nitrogens with zero attached hydrogens (tertiary/aromatic N) is 3. The minimum Gasteiger partial charge on any atom is -0.360 e. The average Bonchev–Trinajstić information content (AvgIpc) is 3.04. The van der Waals surface area contributed by atoms with Crippen LogP contribution in [0.25, 0.3) is 0 Å². The third-order valence-electron chi connectivity index (χ3n) is 3.73. The van der Waals surface area contributed by atoms with Gasteiger partial charge in [-0.1, -0.05) is 23.7 Å². The highest BCUT2D eigenvalue weighted by molar-refractivity contribution is 6.30. The van der Waals surface area contributed by atoms with E-state index in [2.05, 4.69) is 22.5 Å². The first-order valence-electron chi connectivity index (χ1n) is 7.07. The third-order valence-corrected chi connectivity index (χ3v) is 3.92. The molecule has 1 amide bonds. The van der Waals surface area contributed by atoms with Crippen LogP contribution in [-0.2, 0) is 19.4 Å². The molecule has 0 spiro atoms. The Morgan fingerprint density at radius 2 is 2.48 bits per heavy atom. The van der Waals surface area contributed by atoms with E-state index in [1.807, 2.05) is 0 Å². The molecule has 112 valence electrons. The maximum Gasteiger partial charge on any atom is 0.273 e. The van der Waals surface area contributed by atoms with Crippen molar-refractivity contribution in [3.63, 3.8) is 0 Å². The van der Waals surface area contributed by atoms with Crippen LogP contribution in [0.3, 0.4) is 0 Å². The molecule has 0 saturated carbocycles. The molecular formula is C14H17ClN4O2. The van der Waals surface area contributed by atoms with Gasteiger partial charge in [0, 0.05) is 24.7 Å². The zero-order valence-electron chi connectivity index (χ0n) is 11.8. The second kappa shape index (κ2) is 5.89. The van der Waals surface area contributed by atoms with Gasteiger partial charge in [0.05, 0.1) is 17.8 Å². The summed E-state index contributed by atoms with van der Waals surface area (Å²) in [6.07, 6.45) is 6.09. The van der Waals surface area contributed by atoms with Gasteiger partial charge in [-0.25, -0.2) is 0 Å². The lowest BCUT2D eigenvalue weighted by atomic mass is 9.88. The second-order valence-corrected chi connectivity index (χ2v) is 5.89. The zero-order chi connectivity index (χ0) is 14.8. The Hall–Kier alpha value is -1.82. The van der Waals surface area contributed by atoms with E-state index in [0.29, 0.717) is 29.7 Å². The number of amides is 1. The molecule has 1 unspecified atom stereocenters. The van der Waals surface area contributed by atoms with Crippen molar-refractivity contribution < 1.29 is 9.32 Å². The molecule has 1 aliphatic rings. The average molecular weight is 309 g/mol. The van der Waals surface area contributed by atoms with Gasteiger partial charge in [0.2, 0.25) is 0 Å². The normalized spacial score (nSPS) is 17.5. The Morgan fingerprint density at radius 3 is 3.24 bits per heavy atom. The van der Waals surface area contributed by atoms with Crippen molar-refractivity contribution in [1.82, 2.24) is 20.3 Å². The Morgan fingerprint density at radius 1 is 1.62 bits per heavy atom. The van der Waals surface area contributed by atoms with Gasteiger partial charge in [0.1, 0.15) is 5.76 Å². The summed E-state index contributed by atoms with van der Waals surface area (Å²) in [6.45, 7) is 3.21. The summed E-state index contributed by atoms with van der Waals surface area (Å²) in [5, 5.41) is 11.4. The fraction of sp³-hybridized carbons (Fsp3) is 0.500. The number of carbonyl (C=O) groups excluding carboxylic acids is 1. The molecule has 2 aromatic heterocycles. The second-order valence-electron chi connectivity index (χ2n) is 5.46. The van der Waals surface area contributed by atoms with Crippen LogP contribution in [-0.4, -0.2) is 27.4 Å². The van der Waals surface area contributed by atoms with E-state index in [4.69, 9.17) is 16.1 Å². The van der Waals surface area contributed by atoms with E-state index in [1.54, 1.807) is 17.1 Å². The fourth-order valence-corrected chi connectivity index (χ4v) is 2.74. The highest BCUT2D eigenvalue weighted by Gasteiger charge is 2.26. The molecule has 0 saturated heterocycles. The van der Waals surface area contributed by atoms with Crippen molar-refractivity contribution in [2.75, 3.05) is 6.54 Å². The zero-order valence-corrected chi connectivity index (χ0v) is 12.6. The van der Waals surface area contributed by atoms with E-state index in [9.17, 15) is 4.79 Å². The van der Waals surface area contributed by atoms with Gasteiger partial charge < -0.3 is 9.84 Å². The maximum absolute atomic E-state index is 12.2. The van der Waals surface area contributed by atoms with Gasteiger partial charge in [0.15, 0.2) is 5.69 Å². The number of halogens is 1. The maximum atomic E-state index is 12.2. The predicted octanol–water partition coefficient (Wildman–Crippen LogP) is 2.08. The van der Waals surface area contributed by atoms with E-state index in [0.717, 1.165) is 30.6 Å². The molecule has 3 rings (SSSR count). The highest BCUT2D eigenvalue weighted by atomic mass is 35.5. The number of fused-ring (bicyclic) bond motifs is 1. The van der Waals surface area contributed by atoms with E-state index in [1.165, 1.54) is 0 Å². The van der Waals surface area contributed by atoms with Crippen molar-refractivity contribution in [3.05, 3.63) is 34.4 Å². The molecule has 21 heavy (non-hydrogen) atoms. The van der Waals surface area contributed by atoms with Crippen molar-refractivity contribution >= 4 is 17.5 Å². The molecule has 1 atom stereocenters. The lowest BCUT2D eigenvalue weighted by Crippen LogP contribution is -2.29. The summed E-state index contributed by atoms with van der Waals surface area (Å²) in [4.78, 5) is 12.2. The smallest absolute Gasteiger partial charge is 0.273 e. The lowest BCUT2D eigenvalue weighted by Gasteiger charge is -2.16. The number of hydrogen-bond acceptors (Lipinski definition) is 4. The SMILES string of the molecule is CC1CCc2onc(C(=O)NCCn3cc(Cl)cn3)c2C1. The number of hydrogen-bond donors (Lipinski definition) is 1. The van der Waals surface area contributed by atoms with Crippen LogP contribution >= 0.6 is 11.6 Å². The van der Waals surface area contributed by atoms with Crippen molar-refractivity contribution in [3.8, 4) is 0 Å². The quantitative estimate of drug-likeness (QED) is 0.938. The van der Waals surface area contributed by atoms with Gasteiger partial charge in [-0.05, 0) is 18.8 Å². The third kappa shape index (κ3) is 3.10. The molecule has 2 aromatic rings. The van der Waals surface area contributed by atoms with Crippen molar-refractivity contribution in [2.45, 2.75) is 32.7 Å². The summed E-state index contributed by atoms with van der Waals surface area (Å²) >= 11 is 5.78. The van der Waals surface area contributed by atoms with Crippen LogP contribution in [0.1, 0.15) is 35.2 Å². The lowest BCUT2D eigenvalue weighted by molar-refractivity contribution is 0.0942. The van der Waals surface area contributed by atoms with Crippen molar-refractivity contribution in [2.24, 2.45) is 5.92 Å². The van der Waals surface area contributed by atoms with Crippen LogP contribution in [0, 0.1) is 5.92 Å². The van der Waals surface area contributed by atoms with E-state index < -0.39 is 0 Å². The standard InChI is InChI=1S/C14H17ClN4O2/c1-9-2-3-12-11(6-9)13(18-21-12)14(20)16-4-5-19-8-10(15)7-17-19/h7-9H,2-6H2,1H3,(H,16,20). The van der Waals surface area contributed by atoms with Gasteiger partial charge >= 0.3 is 0 Å². The Labute approximate surface area is 127 Å². The number of rotatable bonds is 4. The first-order chi connectivity index (χ1) is 10.1. The predicted molar refractivity (Wildman–Crippen MR) is 77.3 cm³/mol. The highest BCUT2D eigenvalue weighted by Crippen LogP contribution is 2.27. The fourth-order valence-electron chi connectivity index (χ4n) is 2.58. The molecule has 0 aromatic carbocycles. The summed E-state index contributed by atoms with van der Waals surface area (Å²) in [6, 6.07) is 0. The molecule has 0 bridgehead atoms. The Balaban J connectivity index is 1.60. The van der Waals surface area contributed by atoms with Crippen LogP contribution in [0.15, 0.2) is 16.9 Å². The van der Waals surface area contributed by atoms with E-state index in [-0.39, 0.29) is 5.91 Å². The number of aromatic nitrogens is 3. The van der Waals surface area contributed by atoms with Gasteiger partial charge in [0.25, 0.3) is 5.91 Å².